The highest BCUT2D eigenvalue weighted by atomic mass is 79.9. The van der Waals surface area contributed by atoms with E-state index in [0.717, 1.165) is 23.0 Å². The van der Waals surface area contributed by atoms with Gasteiger partial charge in [0.2, 0.25) is 11.8 Å². The lowest BCUT2D eigenvalue weighted by Gasteiger charge is -2.21. The standard InChI is InChI=1S/C18H25BrN2O2/c1-4-16(13-5-7-15(19)8-6-13)20-18(23)14-9-17(22)21(11-14)10-12(2)3/h5-8,12,14,16H,4,9-11H2,1-3H3,(H,20,23). The van der Waals surface area contributed by atoms with Crippen molar-refractivity contribution in [2.45, 2.75) is 39.7 Å². The van der Waals surface area contributed by atoms with E-state index in [9.17, 15) is 9.59 Å². The number of nitrogens with zero attached hydrogens (tertiary/aromatic N) is 1. The molecule has 4 nitrogen and oxygen atoms in total. The number of hydrogen-bond donors (Lipinski definition) is 1. The molecular weight excluding hydrogens is 356 g/mol. The normalized spacial score (nSPS) is 19.3. The summed E-state index contributed by atoms with van der Waals surface area (Å²) in [4.78, 5) is 26.4. The number of benzene rings is 1. The van der Waals surface area contributed by atoms with Crippen molar-refractivity contribution in [1.29, 1.82) is 0 Å². The predicted molar refractivity (Wildman–Crippen MR) is 94.8 cm³/mol. The molecule has 0 spiro atoms. The number of carbonyl (C=O) groups excluding carboxylic acids is 2. The van der Waals surface area contributed by atoms with Gasteiger partial charge in [-0.3, -0.25) is 9.59 Å². The van der Waals surface area contributed by atoms with Crippen LogP contribution in [0.3, 0.4) is 0 Å². The highest BCUT2D eigenvalue weighted by molar-refractivity contribution is 9.10. The molecule has 1 aromatic rings. The lowest BCUT2D eigenvalue weighted by molar-refractivity contribution is -0.129. The topological polar surface area (TPSA) is 49.4 Å². The van der Waals surface area contributed by atoms with Crippen LogP contribution >= 0.6 is 15.9 Å². The lowest BCUT2D eigenvalue weighted by atomic mass is 10.0. The van der Waals surface area contributed by atoms with Crippen LogP contribution < -0.4 is 5.32 Å². The van der Waals surface area contributed by atoms with Crippen LogP contribution in [0.1, 0.15) is 45.2 Å². The summed E-state index contributed by atoms with van der Waals surface area (Å²) in [6.45, 7) is 7.49. The molecule has 2 atom stereocenters. The minimum absolute atomic E-state index is 0.00940. The Kier molecular flexibility index (Phi) is 6.22. The monoisotopic (exact) mass is 380 g/mol. The van der Waals surface area contributed by atoms with E-state index in [-0.39, 0.29) is 23.8 Å². The summed E-state index contributed by atoms with van der Waals surface area (Å²) >= 11 is 3.42. The molecule has 0 aliphatic carbocycles. The summed E-state index contributed by atoms with van der Waals surface area (Å²) in [6.07, 6.45) is 1.15. The summed E-state index contributed by atoms with van der Waals surface area (Å²) < 4.78 is 1.02. The van der Waals surface area contributed by atoms with Crippen LogP contribution in [0, 0.1) is 11.8 Å². The van der Waals surface area contributed by atoms with Gasteiger partial charge in [-0.15, -0.1) is 0 Å². The summed E-state index contributed by atoms with van der Waals surface area (Å²) in [5, 5.41) is 3.11. The Morgan fingerprint density at radius 2 is 2.00 bits per heavy atom. The Morgan fingerprint density at radius 1 is 1.35 bits per heavy atom. The largest absolute Gasteiger partial charge is 0.349 e. The fourth-order valence-corrected chi connectivity index (χ4v) is 3.24. The van der Waals surface area contributed by atoms with Crippen molar-refractivity contribution in [1.82, 2.24) is 10.2 Å². The third-order valence-corrected chi connectivity index (χ3v) is 4.70. The zero-order chi connectivity index (χ0) is 17.0. The van der Waals surface area contributed by atoms with Gasteiger partial charge in [-0.05, 0) is 30.0 Å². The van der Waals surface area contributed by atoms with Gasteiger partial charge in [0.25, 0.3) is 0 Å². The van der Waals surface area contributed by atoms with Crippen LogP contribution in [-0.2, 0) is 9.59 Å². The Labute approximate surface area is 146 Å². The first-order valence-electron chi connectivity index (χ1n) is 8.24. The maximum atomic E-state index is 12.5. The summed E-state index contributed by atoms with van der Waals surface area (Å²) in [5.41, 5.74) is 1.09. The summed E-state index contributed by atoms with van der Waals surface area (Å²) in [7, 11) is 0. The van der Waals surface area contributed by atoms with Crippen molar-refractivity contribution < 1.29 is 9.59 Å². The first-order chi connectivity index (χ1) is 10.9. The molecule has 1 saturated heterocycles. The molecule has 1 aliphatic heterocycles. The first-order valence-corrected chi connectivity index (χ1v) is 9.03. The van der Waals surface area contributed by atoms with Crippen molar-refractivity contribution >= 4 is 27.7 Å². The number of hydrogen-bond acceptors (Lipinski definition) is 2. The molecule has 1 fully saturated rings. The van der Waals surface area contributed by atoms with E-state index in [4.69, 9.17) is 0 Å². The predicted octanol–water partition coefficient (Wildman–Crippen LogP) is 3.52. The van der Waals surface area contributed by atoms with Crippen LogP contribution in [-0.4, -0.2) is 29.8 Å². The molecule has 0 bridgehead atoms. The van der Waals surface area contributed by atoms with E-state index >= 15 is 0 Å². The zero-order valence-electron chi connectivity index (χ0n) is 14.0. The van der Waals surface area contributed by atoms with Crippen LogP contribution in [0.15, 0.2) is 28.7 Å². The zero-order valence-corrected chi connectivity index (χ0v) is 15.6. The fourth-order valence-electron chi connectivity index (χ4n) is 2.97. The van der Waals surface area contributed by atoms with Gasteiger partial charge < -0.3 is 10.2 Å². The number of carbonyl (C=O) groups is 2. The highest BCUT2D eigenvalue weighted by Crippen LogP contribution is 2.23. The Bertz CT molecular complexity index is 557. The molecule has 0 radical (unpaired) electrons. The molecule has 1 aromatic carbocycles. The third-order valence-electron chi connectivity index (χ3n) is 4.17. The van der Waals surface area contributed by atoms with Gasteiger partial charge in [-0.1, -0.05) is 48.8 Å². The van der Waals surface area contributed by atoms with E-state index in [0.29, 0.717) is 18.9 Å². The van der Waals surface area contributed by atoms with Crippen LogP contribution in [0.4, 0.5) is 0 Å². The van der Waals surface area contributed by atoms with Crippen molar-refractivity contribution in [3.63, 3.8) is 0 Å². The molecular formula is C18H25BrN2O2. The minimum atomic E-state index is -0.231. The summed E-state index contributed by atoms with van der Waals surface area (Å²) in [6, 6.07) is 7.98. The van der Waals surface area contributed by atoms with Gasteiger partial charge in [0, 0.05) is 24.0 Å². The van der Waals surface area contributed by atoms with E-state index in [1.54, 1.807) is 0 Å². The van der Waals surface area contributed by atoms with E-state index < -0.39 is 0 Å². The lowest BCUT2D eigenvalue weighted by Crippen LogP contribution is -2.36. The fraction of sp³-hybridized carbons (Fsp3) is 0.556. The summed E-state index contributed by atoms with van der Waals surface area (Å²) in [5.74, 6) is 0.271. The van der Waals surface area contributed by atoms with E-state index in [1.807, 2.05) is 29.2 Å². The Morgan fingerprint density at radius 3 is 2.57 bits per heavy atom. The van der Waals surface area contributed by atoms with E-state index in [2.05, 4.69) is 42.0 Å². The molecule has 0 aromatic heterocycles. The average Bonchev–Trinajstić information content (AvgIpc) is 2.86. The smallest absolute Gasteiger partial charge is 0.225 e. The highest BCUT2D eigenvalue weighted by Gasteiger charge is 2.35. The maximum absolute atomic E-state index is 12.5. The number of amides is 2. The van der Waals surface area contributed by atoms with E-state index in [1.165, 1.54) is 0 Å². The SMILES string of the molecule is CCC(NC(=O)C1CC(=O)N(CC(C)C)C1)c1ccc(Br)cc1. The van der Waals surface area contributed by atoms with Crippen molar-refractivity contribution in [3.8, 4) is 0 Å². The number of halogens is 1. The second kappa shape index (κ2) is 7.95. The van der Waals surface area contributed by atoms with Gasteiger partial charge in [-0.25, -0.2) is 0 Å². The van der Waals surface area contributed by atoms with Gasteiger partial charge in [0.1, 0.15) is 0 Å². The van der Waals surface area contributed by atoms with Crippen LogP contribution in [0.25, 0.3) is 0 Å². The van der Waals surface area contributed by atoms with Gasteiger partial charge >= 0.3 is 0 Å². The van der Waals surface area contributed by atoms with Gasteiger partial charge in [-0.2, -0.15) is 0 Å². The third kappa shape index (κ3) is 4.80. The first kappa shape index (κ1) is 18.0. The quantitative estimate of drug-likeness (QED) is 0.820. The second-order valence-electron chi connectivity index (χ2n) is 6.61. The number of likely N-dealkylation sites (tertiary alicyclic amines) is 1. The number of nitrogens with one attached hydrogen (secondary N) is 1. The van der Waals surface area contributed by atoms with Gasteiger partial charge in [0.15, 0.2) is 0 Å². The molecule has 1 aliphatic rings. The molecule has 2 rings (SSSR count). The molecule has 2 amide bonds. The van der Waals surface area contributed by atoms with Crippen molar-refractivity contribution in [3.05, 3.63) is 34.3 Å². The molecule has 1 N–H and O–H groups in total. The van der Waals surface area contributed by atoms with Crippen molar-refractivity contribution in [2.24, 2.45) is 11.8 Å². The molecule has 23 heavy (non-hydrogen) atoms. The van der Waals surface area contributed by atoms with Gasteiger partial charge in [0.05, 0.1) is 12.0 Å². The molecule has 126 valence electrons. The second-order valence-corrected chi connectivity index (χ2v) is 7.53. The molecule has 1 heterocycles. The molecule has 2 unspecified atom stereocenters. The maximum Gasteiger partial charge on any atom is 0.225 e. The Hall–Kier alpha value is -1.36. The Balaban J connectivity index is 1.97. The van der Waals surface area contributed by atoms with Crippen molar-refractivity contribution in [2.75, 3.05) is 13.1 Å². The minimum Gasteiger partial charge on any atom is -0.349 e. The van der Waals surface area contributed by atoms with Crippen LogP contribution in [0.2, 0.25) is 0 Å². The molecule has 5 heteroatoms. The molecule has 0 saturated carbocycles. The number of rotatable bonds is 6. The van der Waals surface area contributed by atoms with Crippen LogP contribution in [0.5, 0.6) is 0 Å². The average molecular weight is 381 g/mol.